The summed E-state index contributed by atoms with van der Waals surface area (Å²) in [6, 6.07) is 0. The fraction of sp³-hybridized carbons (Fsp3) is 0.714. The molecule has 0 amide bonds. The van der Waals surface area contributed by atoms with Gasteiger partial charge < -0.3 is 20.5 Å². The molecule has 0 bridgehead atoms. The lowest BCUT2D eigenvalue weighted by molar-refractivity contribution is -0.0543. The highest BCUT2D eigenvalue weighted by molar-refractivity contribution is 5.57. The van der Waals surface area contributed by atoms with Gasteiger partial charge in [0.05, 0.1) is 5.60 Å². The first-order valence-corrected chi connectivity index (χ1v) is 7.30. The Balaban J connectivity index is 2.06. The van der Waals surface area contributed by atoms with Crippen LogP contribution in [0.5, 0.6) is 0 Å². The van der Waals surface area contributed by atoms with Gasteiger partial charge in [0.25, 0.3) is 0 Å². The van der Waals surface area contributed by atoms with Crippen LogP contribution in [0, 0.1) is 0 Å². The van der Waals surface area contributed by atoms with Gasteiger partial charge in [0.1, 0.15) is 18.0 Å². The maximum absolute atomic E-state index is 10.5. The largest absolute Gasteiger partial charge is 0.388 e. The molecule has 1 aliphatic rings. The zero-order valence-electron chi connectivity index (χ0n) is 12.3. The van der Waals surface area contributed by atoms with E-state index < -0.39 is 5.60 Å². The van der Waals surface area contributed by atoms with Crippen LogP contribution in [-0.2, 0) is 11.2 Å². The van der Waals surface area contributed by atoms with Gasteiger partial charge in [-0.15, -0.1) is 0 Å². The summed E-state index contributed by atoms with van der Waals surface area (Å²) in [5, 5.41) is 17.0. The summed E-state index contributed by atoms with van der Waals surface area (Å²) in [4.78, 5) is 8.57. The number of ether oxygens (including phenoxy) is 1. The lowest BCUT2D eigenvalue weighted by Gasteiger charge is -2.32. The Morgan fingerprint density at radius 1 is 1.20 bits per heavy atom. The lowest BCUT2D eigenvalue weighted by atomic mass is 9.94. The normalized spacial score (nSPS) is 17.8. The second-order valence-electron chi connectivity index (χ2n) is 5.12. The van der Waals surface area contributed by atoms with Crippen molar-refractivity contribution in [3.05, 3.63) is 11.9 Å². The summed E-state index contributed by atoms with van der Waals surface area (Å²) < 4.78 is 5.29. The van der Waals surface area contributed by atoms with E-state index in [1.54, 1.807) is 6.33 Å². The van der Waals surface area contributed by atoms with Crippen LogP contribution < -0.4 is 10.6 Å². The first-order chi connectivity index (χ1) is 9.68. The summed E-state index contributed by atoms with van der Waals surface area (Å²) >= 11 is 0. The van der Waals surface area contributed by atoms with Crippen LogP contribution in [0.1, 0.15) is 32.3 Å². The third-order valence-corrected chi connectivity index (χ3v) is 3.65. The van der Waals surface area contributed by atoms with Gasteiger partial charge in [-0.3, -0.25) is 0 Å². The molecule has 1 aliphatic heterocycles. The Morgan fingerprint density at radius 3 is 2.45 bits per heavy atom. The number of hydrogen-bond acceptors (Lipinski definition) is 6. The van der Waals surface area contributed by atoms with Gasteiger partial charge in [-0.25, -0.2) is 9.97 Å². The van der Waals surface area contributed by atoms with E-state index in [1.807, 2.05) is 6.92 Å². The highest BCUT2D eigenvalue weighted by Gasteiger charge is 2.29. The molecule has 1 aromatic rings. The van der Waals surface area contributed by atoms with E-state index in [4.69, 9.17) is 4.74 Å². The molecule has 20 heavy (non-hydrogen) atoms. The Bertz CT molecular complexity index is 433. The number of aliphatic hydroxyl groups is 1. The molecule has 0 aromatic carbocycles. The van der Waals surface area contributed by atoms with Crippen molar-refractivity contribution in [3.63, 3.8) is 0 Å². The summed E-state index contributed by atoms with van der Waals surface area (Å²) in [5.41, 5.74) is 0.358. The highest BCUT2D eigenvalue weighted by Crippen LogP contribution is 2.24. The zero-order chi connectivity index (χ0) is 14.4. The predicted molar refractivity (Wildman–Crippen MR) is 79.1 cm³/mol. The quantitative estimate of drug-likeness (QED) is 0.731. The molecule has 0 radical (unpaired) electrons. The highest BCUT2D eigenvalue weighted by atomic mass is 16.5. The molecule has 6 heteroatoms. The van der Waals surface area contributed by atoms with Gasteiger partial charge >= 0.3 is 0 Å². The van der Waals surface area contributed by atoms with Gasteiger partial charge in [-0.1, -0.05) is 6.92 Å². The standard InChI is InChI=1S/C14H24N4O2/c1-3-11-12(15-4-2)17-10-18-13(11)16-9-14(19)5-7-20-8-6-14/h10,19H,3-9H2,1-2H3,(H2,15,16,17,18). The van der Waals surface area contributed by atoms with Crippen molar-refractivity contribution in [1.29, 1.82) is 0 Å². The molecule has 112 valence electrons. The summed E-state index contributed by atoms with van der Waals surface area (Å²) in [6.45, 7) is 6.67. The molecule has 1 saturated heterocycles. The van der Waals surface area contributed by atoms with E-state index in [-0.39, 0.29) is 0 Å². The number of rotatable bonds is 6. The molecule has 0 aliphatic carbocycles. The molecule has 0 unspecified atom stereocenters. The molecular weight excluding hydrogens is 256 g/mol. The molecule has 1 aromatic heterocycles. The average Bonchev–Trinajstić information content (AvgIpc) is 2.46. The maximum Gasteiger partial charge on any atom is 0.134 e. The molecule has 0 atom stereocenters. The second kappa shape index (κ2) is 6.85. The number of aromatic nitrogens is 2. The van der Waals surface area contributed by atoms with E-state index in [0.717, 1.165) is 30.2 Å². The van der Waals surface area contributed by atoms with Gasteiger partial charge in [-0.05, 0) is 13.3 Å². The first-order valence-electron chi connectivity index (χ1n) is 7.30. The van der Waals surface area contributed by atoms with Crippen molar-refractivity contribution in [2.24, 2.45) is 0 Å². The van der Waals surface area contributed by atoms with Crippen molar-refractivity contribution >= 4 is 11.6 Å². The number of nitrogens with one attached hydrogen (secondary N) is 2. The number of nitrogens with zero attached hydrogens (tertiary/aromatic N) is 2. The molecule has 1 fully saturated rings. The summed E-state index contributed by atoms with van der Waals surface area (Å²) in [7, 11) is 0. The van der Waals surface area contributed by atoms with Crippen molar-refractivity contribution in [2.75, 3.05) is 36.9 Å². The van der Waals surface area contributed by atoms with Crippen LogP contribution in [0.25, 0.3) is 0 Å². The fourth-order valence-electron chi connectivity index (χ4n) is 2.40. The SMILES string of the molecule is CCNc1ncnc(NCC2(O)CCOCC2)c1CC. The molecule has 2 rings (SSSR count). The van der Waals surface area contributed by atoms with E-state index in [9.17, 15) is 5.11 Å². The van der Waals surface area contributed by atoms with Crippen molar-refractivity contribution < 1.29 is 9.84 Å². The Morgan fingerprint density at radius 2 is 1.85 bits per heavy atom. The summed E-state index contributed by atoms with van der Waals surface area (Å²) in [5.74, 6) is 1.67. The monoisotopic (exact) mass is 280 g/mol. The van der Waals surface area contributed by atoms with Crippen molar-refractivity contribution in [2.45, 2.75) is 38.7 Å². The predicted octanol–water partition coefficient (Wildman–Crippen LogP) is 1.42. The van der Waals surface area contributed by atoms with Crippen LogP contribution in [0.2, 0.25) is 0 Å². The maximum atomic E-state index is 10.5. The lowest BCUT2D eigenvalue weighted by Crippen LogP contribution is -2.42. The van der Waals surface area contributed by atoms with Gasteiger partial charge in [0, 0.05) is 44.7 Å². The average molecular weight is 280 g/mol. The van der Waals surface area contributed by atoms with E-state index >= 15 is 0 Å². The minimum atomic E-state index is -0.702. The Labute approximate surface area is 120 Å². The van der Waals surface area contributed by atoms with Crippen LogP contribution in [0.3, 0.4) is 0 Å². The smallest absolute Gasteiger partial charge is 0.134 e. The van der Waals surface area contributed by atoms with Crippen LogP contribution >= 0.6 is 0 Å². The molecule has 0 saturated carbocycles. The molecule has 6 nitrogen and oxygen atoms in total. The Kier molecular flexibility index (Phi) is 5.14. The second-order valence-corrected chi connectivity index (χ2v) is 5.12. The topological polar surface area (TPSA) is 79.3 Å². The van der Waals surface area contributed by atoms with Gasteiger partial charge in [0.2, 0.25) is 0 Å². The fourth-order valence-corrected chi connectivity index (χ4v) is 2.40. The molecular formula is C14H24N4O2. The zero-order valence-corrected chi connectivity index (χ0v) is 12.3. The third-order valence-electron chi connectivity index (χ3n) is 3.65. The third kappa shape index (κ3) is 3.58. The van der Waals surface area contributed by atoms with Crippen LogP contribution in [0.4, 0.5) is 11.6 Å². The molecule has 2 heterocycles. The van der Waals surface area contributed by atoms with E-state index in [2.05, 4.69) is 27.5 Å². The molecule has 3 N–H and O–H groups in total. The van der Waals surface area contributed by atoms with Crippen molar-refractivity contribution in [3.8, 4) is 0 Å². The first kappa shape index (κ1) is 15.0. The number of anilines is 2. The van der Waals surface area contributed by atoms with Gasteiger partial charge in [-0.2, -0.15) is 0 Å². The number of hydrogen-bond donors (Lipinski definition) is 3. The van der Waals surface area contributed by atoms with E-state index in [0.29, 0.717) is 32.6 Å². The summed E-state index contributed by atoms with van der Waals surface area (Å²) in [6.07, 6.45) is 3.71. The molecule has 0 spiro atoms. The van der Waals surface area contributed by atoms with Crippen molar-refractivity contribution in [1.82, 2.24) is 9.97 Å². The minimum absolute atomic E-state index is 0.492. The van der Waals surface area contributed by atoms with Gasteiger partial charge in [0.15, 0.2) is 0 Å². The minimum Gasteiger partial charge on any atom is -0.388 e. The Hall–Kier alpha value is -1.40. The van der Waals surface area contributed by atoms with Crippen LogP contribution in [0.15, 0.2) is 6.33 Å². The van der Waals surface area contributed by atoms with E-state index in [1.165, 1.54) is 0 Å². The van der Waals surface area contributed by atoms with Crippen LogP contribution in [-0.4, -0.2) is 47.0 Å².